The molecular weight excluding hydrogens is 196 g/mol. The summed E-state index contributed by atoms with van der Waals surface area (Å²) in [5, 5.41) is 10.6. The Hall–Kier alpha value is -1.62. The van der Waals surface area contributed by atoms with Crippen molar-refractivity contribution in [3.05, 3.63) is 34.4 Å². The van der Waals surface area contributed by atoms with Crippen molar-refractivity contribution in [2.24, 2.45) is 11.7 Å². The third-order valence-electron chi connectivity index (χ3n) is 1.99. The van der Waals surface area contributed by atoms with Crippen LogP contribution in [0.25, 0.3) is 0 Å². The quantitative estimate of drug-likeness (QED) is 0.591. The smallest absolute Gasteiger partial charge is 0.310 e. The highest BCUT2D eigenvalue weighted by Crippen LogP contribution is 2.25. The molecule has 0 bridgehead atoms. The second-order valence-electron chi connectivity index (χ2n) is 3.38. The zero-order valence-corrected chi connectivity index (χ0v) is 8.55. The third kappa shape index (κ3) is 3.21. The Morgan fingerprint density at radius 3 is 2.80 bits per heavy atom. The van der Waals surface area contributed by atoms with Gasteiger partial charge in [-0.15, -0.1) is 0 Å². The lowest BCUT2D eigenvalue weighted by molar-refractivity contribution is -0.385. The molecule has 15 heavy (non-hydrogen) atoms. The van der Waals surface area contributed by atoms with Gasteiger partial charge in [-0.3, -0.25) is 10.1 Å². The van der Waals surface area contributed by atoms with E-state index in [2.05, 4.69) is 0 Å². The van der Waals surface area contributed by atoms with Crippen molar-refractivity contribution in [2.45, 2.75) is 6.92 Å². The fourth-order valence-electron chi connectivity index (χ4n) is 1.03. The maximum Gasteiger partial charge on any atom is 0.310 e. The van der Waals surface area contributed by atoms with Crippen molar-refractivity contribution in [3.63, 3.8) is 0 Å². The number of nitro groups is 1. The molecule has 5 heteroatoms. The highest BCUT2D eigenvalue weighted by molar-refractivity contribution is 5.45. The molecule has 0 aliphatic heterocycles. The van der Waals surface area contributed by atoms with Gasteiger partial charge in [-0.2, -0.15) is 0 Å². The summed E-state index contributed by atoms with van der Waals surface area (Å²) < 4.78 is 5.33. The second-order valence-corrected chi connectivity index (χ2v) is 3.38. The van der Waals surface area contributed by atoms with Crippen LogP contribution in [0.1, 0.15) is 6.92 Å². The van der Waals surface area contributed by atoms with Crippen LogP contribution in [-0.2, 0) is 0 Å². The first-order valence-electron chi connectivity index (χ1n) is 4.71. The maximum atomic E-state index is 10.6. The third-order valence-corrected chi connectivity index (χ3v) is 1.99. The van der Waals surface area contributed by atoms with Crippen LogP contribution in [0.5, 0.6) is 5.75 Å². The van der Waals surface area contributed by atoms with E-state index < -0.39 is 4.92 Å². The topological polar surface area (TPSA) is 78.4 Å². The van der Waals surface area contributed by atoms with E-state index >= 15 is 0 Å². The van der Waals surface area contributed by atoms with E-state index in [1.807, 2.05) is 6.92 Å². The Morgan fingerprint density at radius 1 is 1.53 bits per heavy atom. The summed E-state index contributed by atoms with van der Waals surface area (Å²) >= 11 is 0. The van der Waals surface area contributed by atoms with Crippen molar-refractivity contribution in [3.8, 4) is 5.75 Å². The molecule has 1 unspecified atom stereocenters. The average Bonchev–Trinajstić information content (AvgIpc) is 2.26. The van der Waals surface area contributed by atoms with Crippen LogP contribution in [0, 0.1) is 16.0 Å². The molecule has 0 heterocycles. The first kappa shape index (κ1) is 11.5. The standard InChI is InChI=1S/C10H14N2O3/c1-8(6-11)7-15-10-5-3-2-4-9(10)12(13)14/h2-5,8H,6-7,11H2,1H3. The number of rotatable bonds is 5. The van der Waals surface area contributed by atoms with Gasteiger partial charge >= 0.3 is 5.69 Å². The van der Waals surface area contributed by atoms with Gasteiger partial charge in [0.1, 0.15) is 0 Å². The van der Waals surface area contributed by atoms with E-state index in [9.17, 15) is 10.1 Å². The van der Waals surface area contributed by atoms with E-state index in [4.69, 9.17) is 10.5 Å². The lowest BCUT2D eigenvalue weighted by Crippen LogP contribution is -2.18. The maximum absolute atomic E-state index is 10.6. The molecule has 0 fully saturated rings. The zero-order valence-electron chi connectivity index (χ0n) is 8.55. The van der Waals surface area contributed by atoms with Gasteiger partial charge in [-0.1, -0.05) is 19.1 Å². The minimum absolute atomic E-state index is 0.0123. The number of nitro benzene ring substituents is 1. The SMILES string of the molecule is CC(CN)COc1ccccc1[N+](=O)[O-]. The van der Waals surface area contributed by atoms with E-state index in [1.165, 1.54) is 6.07 Å². The van der Waals surface area contributed by atoms with Gasteiger partial charge in [0.2, 0.25) is 0 Å². The van der Waals surface area contributed by atoms with Crippen molar-refractivity contribution in [1.29, 1.82) is 0 Å². The van der Waals surface area contributed by atoms with Gasteiger partial charge in [0, 0.05) is 12.0 Å². The minimum Gasteiger partial charge on any atom is -0.486 e. The highest BCUT2D eigenvalue weighted by atomic mass is 16.6. The molecule has 0 radical (unpaired) electrons. The summed E-state index contributed by atoms with van der Waals surface area (Å²) in [6, 6.07) is 6.32. The molecule has 0 spiro atoms. The lowest BCUT2D eigenvalue weighted by atomic mass is 10.2. The summed E-state index contributed by atoms with van der Waals surface area (Å²) in [6.07, 6.45) is 0. The van der Waals surface area contributed by atoms with Gasteiger partial charge in [0.15, 0.2) is 5.75 Å². The van der Waals surface area contributed by atoms with E-state index in [0.717, 1.165) is 0 Å². The van der Waals surface area contributed by atoms with Crippen molar-refractivity contribution in [1.82, 2.24) is 0 Å². The largest absolute Gasteiger partial charge is 0.486 e. The van der Waals surface area contributed by atoms with Crippen molar-refractivity contribution >= 4 is 5.69 Å². The monoisotopic (exact) mass is 210 g/mol. The molecule has 82 valence electrons. The molecule has 0 aromatic heterocycles. The predicted molar refractivity (Wildman–Crippen MR) is 56.8 cm³/mol. The number of hydrogen-bond donors (Lipinski definition) is 1. The van der Waals surface area contributed by atoms with E-state index in [0.29, 0.717) is 18.9 Å². The normalized spacial score (nSPS) is 12.1. The first-order valence-corrected chi connectivity index (χ1v) is 4.71. The highest BCUT2D eigenvalue weighted by Gasteiger charge is 2.13. The summed E-state index contributed by atoms with van der Waals surface area (Å²) in [5.74, 6) is 0.479. The molecule has 1 rings (SSSR count). The second kappa shape index (κ2) is 5.31. The molecule has 0 aliphatic carbocycles. The molecule has 5 nitrogen and oxygen atoms in total. The zero-order chi connectivity index (χ0) is 11.3. The molecule has 0 amide bonds. The number of para-hydroxylation sites is 2. The van der Waals surface area contributed by atoms with Gasteiger partial charge < -0.3 is 10.5 Å². The Morgan fingerprint density at radius 2 is 2.20 bits per heavy atom. The fourth-order valence-corrected chi connectivity index (χ4v) is 1.03. The molecular formula is C10H14N2O3. The Bertz CT molecular complexity index is 341. The Labute approximate surface area is 88.0 Å². The molecule has 0 aliphatic rings. The summed E-state index contributed by atoms with van der Waals surface area (Å²) in [5.41, 5.74) is 5.41. The van der Waals surface area contributed by atoms with Crippen LogP contribution >= 0.6 is 0 Å². The van der Waals surface area contributed by atoms with Gasteiger partial charge in [-0.05, 0) is 12.6 Å². The summed E-state index contributed by atoms with van der Waals surface area (Å²) in [7, 11) is 0. The van der Waals surface area contributed by atoms with Crippen molar-refractivity contribution in [2.75, 3.05) is 13.2 Å². The van der Waals surface area contributed by atoms with Gasteiger partial charge in [-0.25, -0.2) is 0 Å². The van der Waals surface area contributed by atoms with Crippen LogP contribution < -0.4 is 10.5 Å². The van der Waals surface area contributed by atoms with Crippen LogP contribution in [-0.4, -0.2) is 18.1 Å². The Kier molecular flexibility index (Phi) is 4.05. The molecule has 1 aromatic rings. The van der Waals surface area contributed by atoms with Crippen LogP contribution in [0.3, 0.4) is 0 Å². The van der Waals surface area contributed by atoms with Gasteiger partial charge in [0.25, 0.3) is 0 Å². The van der Waals surface area contributed by atoms with E-state index in [-0.39, 0.29) is 11.6 Å². The van der Waals surface area contributed by atoms with Crippen LogP contribution in [0.4, 0.5) is 5.69 Å². The molecule has 0 saturated carbocycles. The number of ether oxygens (including phenoxy) is 1. The lowest BCUT2D eigenvalue weighted by Gasteiger charge is -2.10. The number of nitrogens with two attached hydrogens (primary N) is 1. The molecule has 1 aromatic carbocycles. The number of hydrogen-bond acceptors (Lipinski definition) is 4. The first-order chi connectivity index (χ1) is 7.15. The predicted octanol–water partition coefficient (Wildman–Crippen LogP) is 1.57. The molecule has 1 atom stereocenters. The minimum atomic E-state index is -0.456. The van der Waals surface area contributed by atoms with Crippen LogP contribution in [0.2, 0.25) is 0 Å². The number of nitrogens with zero attached hydrogens (tertiary/aromatic N) is 1. The van der Waals surface area contributed by atoms with Gasteiger partial charge in [0.05, 0.1) is 11.5 Å². The molecule has 0 saturated heterocycles. The van der Waals surface area contributed by atoms with E-state index in [1.54, 1.807) is 18.2 Å². The summed E-state index contributed by atoms with van der Waals surface area (Å²) in [4.78, 5) is 10.2. The fraction of sp³-hybridized carbons (Fsp3) is 0.400. The summed E-state index contributed by atoms with van der Waals surface area (Å²) in [6.45, 7) is 2.82. The van der Waals surface area contributed by atoms with Crippen LogP contribution in [0.15, 0.2) is 24.3 Å². The molecule has 2 N–H and O–H groups in total. The van der Waals surface area contributed by atoms with Crippen molar-refractivity contribution < 1.29 is 9.66 Å². The average molecular weight is 210 g/mol. The Balaban J connectivity index is 2.72. The number of benzene rings is 1.